The minimum absolute atomic E-state index is 0.323. The molecule has 0 aliphatic heterocycles. The van der Waals surface area contributed by atoms with Crippen molar-refractivity contribution >= 4 is 11.6 Å². The van der Waals surface area contributed by atoms with Crippen LogP contribution < -0.4 is 5.32 Å². The summed E-state index contributed by atoms with van der Waals surface area (Å²) in [4.78, 5) is 0. The van der Waals surface area contributed by atoms with Crippen LogP contribution >= 0.6 is 11.6 Å². The van der Waals surface area contributed by atoms with E-state index in [0.29, 0.717) is 17.3 Å². The monoisotopic (exact) mass is 233 g/mol. The highest BCUT2D eigenvalue weighted by molar-refractivity contribution is 6.21. The van der Waals surface area contributed by atoms with E-state index in [1.165, 1.54) is 19.3 Å². The summed E-state index contributed by atoms with van der Waals surface area (Å²) in [7, 11) is 0. The Morgan fingerprint density at radius 1 is 1.33 bits per heavy atom. The van der Waals surface area contributed by atoms with Crippen LogP contribution in [-0.2, 0) is 4.74 Å². The summed E-state index contributed by atoms with van der Waals surface area (Å²) in [6, 6.07) is 0.503. The average molecular weight is 234 g/mol. The van der Waals surface area contributed by atoms with Gasteiger partial charge >= 0.3 is 0 Å². The van der Waals surface area contributed by atoms with E-state index < -0.39 is 0 Å². The van der Waals surface area contributed by atoms with Crippen molar-refractivity contribution in [3.8, 4) is 0 Å². The summed E-state index contributed by atoms with van der Waals surface area (Å²) in [6.07, 6.45) is 4.98. The average Bonchev–Trinajstić information content (AvgIpc) is 2.20. The quantitative estimate of drug-likeness (QED) is 0.563. The largest absolute Gasteiger partial charge is 0.380 e. The summed E-state index contributed by atoms with van der Waals surface area (Å²) in [5.41, 5.74) is 0. The predicted octanol–water partition coefficient (Wildman–Crippen LogP) is 2.80. The Kier molecular flexibility index (Phi) is 6.62. The van der Waals surface area contributed by atoms with Crippen LogP contribution in [0.15, 0.2) is 0 Å². The van der Waals surface area contributed by atoms with Crippen molar-refractivity contribution in [1.82, 2.24) is 5.32 Å². The molecule has 0 aromatic rings. The molecule has 3 heteroatoms. The van der Waals surface area contributed by atoms with E-state index in [9.17, 15) is 0 Å². The molecule has 2 atom stereocenters. The van der Waals surface area contributed by atoms with Gasteiger partial charge in [-0.25, -0.2) is 0 Å². The number of rotatable bonds is 6. The lowest BCUT2D eigenvalue weighted by molar-refractivity contribution is 0.109. The van der Waals surface area contributed by atoms with Crippen LogP contribution in [0, 0.1) is 5.92 Å². The van der Waals surface area contributed by atoms with Crippen molar-refractivity contribution in [2.24, 2.45) is 5.92 Å². The minimum Gasteiger partial charge on any atom is -0.380 e. The van der Waals surface area contributed by atoms with Gasteiger partial charge in [0.2, 0.25) is 0 Å². The minimum atomic E-state index is 0.323. The molecule has 0 aromatic heterocycles. The molecule has 0 saturated heterocycles. The van der Waals surface area contributed by atoms with Gasteiger partial charge in [-0.15, -0.1) is 11.6 Å². The third-order valence-corrected chi connectivity index (χ3v) is 3.31. The van der Waals surface area contributed by atoms with Crippen molar-refractivity contribution in [1.29, 1.82) is 0 Å². The molecule has 1 aliphatic rings. The molecule has 0 radical (unpaired) electrons. The molecule has 0 heterocycles. The van der Waals surface area contributed by atoms with Gasteiger partial charge in [-0.05, 0) is 18.8 Å². The predicted molar refractivity (Wildman–Crippen MR) is 65.6 cm³/mol. The molecule has 1 saturated carbocycles. The summed E-state index contributed by atoms with van der Waals surface area (Å²) < 4.78 is 5.52. The van der Waals surface area contributed by atoms with Crippen molar-refractivity contribution in [2.45, 2.75) is 50.9 Å². The van der Waals surface area contributed by atoms with Crippen molar-refractivity contribution in [3.05, 3.63) is 0 Å². The van der Waals surface area contributed by atoms with Crippen LogP contribution in [0.3, 0.4) is 0 Å². The fourth-order valence-electron chi connectivity index (χ4n) is 1.95. The number of ether oxygens (including phenoxy) is 1. The smallest absolute Gasteiger partial charge is 0.0591 e. The molecule has 90 valence electrons. The Balaban J connectivity index is 1.99. The third kappa shape index (κ3) is 5.74. The standard InChI is InChI=1S/C12H24ClNO/c1-10(2)9-15-8-7-14-12-6-4-3-5-11(12)13/h10-12,14H,3-9H2,1-2H3. The first-order valence-electron chi connectivity index (χ1n) is 6.15. The van der Waals surface area contributed by atoms with Crippen molar-refractivity contribution in [3.63, 3.8) is 0 Å². The molecule has 15 heavy (non-hydrogen) atoms. The van der Waals surface area contributed by atoms with E-state index in [1.807, 2.05) is 0 Å². The second-order valence-electron chi connectivity index (χ2n) is 4.83. The van der Waals surface area contributed by atoms with Crippen LogP contribution in [0.1, 0.15) is 39.5 Å². The second kappa shape index (κ2) is 7.48. The van der Waals surface area contributed by atoms with Gasteiger partial charge in [-0.2, -0.15) is 0 Å². The molecule has 1 N–H and O–H groups in total. The number of halogens is 1. The maximum atomic E-state index is 6.24. The molecule has 0 spiro atoms. The van der Waals surface area contributed by atoms with E-state index in [1.54, 1.807) is 0 Å². The first-order valence-corrected chi connectivity index (χ1v) is 6.59. The molecular weight excluding hydrogens is 210 g/mol. The van der Waals surface area contributed by atoms with Gasteiger partial charge in [0, 0.05) is 24.6 Å². The Morgan fingerprint density at radius 2 is 2.07 bits per heavy atom. The summed E-state index contributed by atoms with van der Waals surface area (Å²) in [6.45, 7) is 6.93. The Hall–Kier alpha value is 0.210. The SMILES string of the molecule is CC(C)COCCNC1CCCCC1Cl. The van der Waals surface area contributed by atoms with Gasteiger partial charge < -0.3 is 10.1 Å². The number of nitrogens with one attached hydrogen (secondary N) is 1. The summed E-state index contributed by atoms with van der Waals surface area (Å²) in [5, 5.41) is 3.81. The van der Waals surface area contributed by atoms with E-state index in [-0.39, 0.29) is 0 Å². The fourth-order valence-corrected chi connectivity index (χ4v) is 2.32. The van der Waals surface area contributed by atoms with Gasteiger partial charge in [0.1, 0.15) is 0 Å². The van der Waals surface area contributed by atoms with Crippen LogP contribution in [0.4, 0.5) is 0 Å². The molecule has 0 bridgehead atoms. The van der Waals surface area contributed by atoms with Crippen LogP contribution in [0.25, 0.3) is 0 Å². The van der Waals surface area contributed by atoms with Gasteiger partial charge in [-0.1, -0.05) is 26.7 Å². The van der Waals surface area contributed by atoms with E-state index in [4.69, 9.17) is 16.3 Å². The molecule has 2 unspecified atom stereocenters. The zero-order valence-corrected chi connectivity index (χ0v) is 10.7. The lowest BCUT2D eigenvalue weighted by Gasteiger charge is -2.28. The first kappa shape index (κ1) is 13.3. The van der Waals surface area contributed by atoms with Gasteiger partial charge in [0.05, 0.1) is 6.61 Å². The molecule has 2 nitrogen and oxygen atoms in total. The summed E-state index contributed by atoms with van der Waals surface area (Å²) >= 11 is 6.24. The maximum absolute atomic E-state index is 6.24. The molecular formula is C12H24ClNO. The zero-order valence-electron chi connectivity index (χ0n) is 9.97. The van der Waals surface area contributed by atoms with E-state index in [2.05, 4.69) is 19.2 Å². The van der Waals surface area contributed by atoms with Crippen molar-refractivity contribution < 1.29 is 4.74 Å². The van der Waals surface area contributed by atoms with Crippen molar-refractivity contribution in [2.75, 3.05) is 19.8 Å². The van der Waals surface area contributed by atoms with Crippen LogP contribution in [0.2, 0.25) is 0 Å². The third-order valence-electron chi connectivity index (χ3n) is 2.79. The highest BCUT2D eigenvalue weighted by Crippen LogP contribution is 2.22. The van der Waals surface area contributed by atoms with E-state index in [0.717, 1.165) is 26.2 Å². The molecule has 0 amide bonds. The zero-order chi connectivity index (χ0) is 11.1. The highest BCUT2D eigenvalue weighted by atomic mass is 35.5. The van der Waals surface area contributed by atoms with Gasteiger partial charge in [0.25, 0.3) is 0 Å². The normalized spacial score (nSPS) is 27.2. The van der Waals surface area contributed by atoms with Gasteiger partial charge in [0.15, 0.2) is 0 Å². The Bertz CT molecular complexity index is 164. The number of alkyl halides is 1. The van der Waals surface area contributed by atoms with Gasteiger partial charge in [-0.3, -0.25) is 0 Å². The fraction of sp³-hybridized carbons (Fsp3) is 1.00. The molecule has 1 aliphatic carbocycles. The second-order valence-corrected chi connectivity index (χ2v) is 5.39. The van der Waals surface area contributed by atoms with Crippen LogP contribution in [0.5, 0.6) is 0 Å². The first-order chi connectivity index (χ1) is 7.20. The molecule has 0 aromatic carbocycles. The lowest BCUT2D eigenvalue weighted by Crippen LogP contribution is -2.40. The molecule has 1 fully saturated rings. The number of hydrogen-bond acceptors (Lipinski definition) is 2. The molecule has 1 rings (SSSR count). The topological polar surface area (TPSA) is 21.3 Å². The Morgan fingerprint density at radius 3 is 2.73 bits per heavy atom. The van der Waals surface area contributed by atoms with Crippen LogP contribution in [-0.4, -0.2) is 31.2 Å². The maximum Gasteiger partial charge on any atom is 0.0591 e. The van der Waals surface area contributed by atoms with E-state index >= 15 is 0 Å². The lowest BCUT2D eigenvalue weighted by atomic mass is 9.95. The highest BCUT2D eigenvalue weighted by Gasteiger charge is 2.21. The summed E-state index contributed by atoms with van der Waals surface area (Å²) in [5.74, 6) is 0.625. The number of hydrogen-bond donors (Lipinski definition) is 1. The Labute approximate surface area is 98.7 Å².